The van der Waals surface area contributed by atoms with Crippen molar-refractivity contribution in [3.8, 4) is 28.0 Å². The van der Waals surface area contributed by atoms with Crippen LogP contribution in [0.1, 0.15) is 54.5 Å². The first-order chi connectivity index (χ1) is 22.1. The molecule has 0 aromatic heterocycles. The summed E-state index contributed by atoms with van der Waals surface area (Å²) in [5, 5.41) is 2.31. The average molecular weight is 580 g/mol. The van der Waals surface area contributed by atoms with Crippen LogP contribution in [-0.2, 0) is 11.0 Å². The van der Waals surface area contributed by atoms with Gasteiger partial charge in [0.2, 0.25) is 0 Å². The minimum absolute atomic E-state index is 0.211. The number of nitrogens with zero attached hydrogens (tertiary/aromatic N) is 1. The van der Waals surface area contributed by atoms with E-state index in [0.717, 1.165) is 40.7 Å². The maximum absolute atomic E-state index is 7.76. The molecule has 0 spiro atoms. The van der Waals surface area contributed by atoms with Crippen LogP contribution >= 0.6 is 0 Å². The Morgan fingerprint density at radius 3 is 1.98 bits per heavy atom. The average Bonchev–Trinajstić information content (AvgIpc) is 3.42. The van der Waals surface area contributed by atoms with E-state index in [1.165, 1.54) is 38.8 Å². The summed E-state index contributed by atoms with van der Waals surface area (Å²) in [4.78, 5) is 3.82. The highest BCUT2D eigenvalue weighted by Crippen LogP contribution is 2.60. The Morgan fingerprint density at radius 2 is 1.29 bits per heavy atom. The molecule has 0 saturated carbocycles. The molecule has 2 aliphatic rings. The SMILES string of the molecule is [C-]#[N+]c1ccc2c(c1)C(CC)(CC)c1c3c(c4ccccc4c1-2)OC(c1ccccc1)(c1ccc(-c2ccccc2)cc1)C=C3. The topological polar surface area (TPSA) is 13.6 Å². The second-order valence-electron chi connectivity index (χ2n) is 12.1. The number of hydrogen-bond donors (Lipinski definition) is 0. The first-order valence-electron chi connectivity index (χ1n) is 15.8. The summed E-state index contributed by atoms with van der Waals surface area (Å²) in [6, 6.07) is 44.9. The Balaban J connectivity index is 1.39. The minimum atomic E-state index is -0.801. The quantitative estimate of drug-likeness (QED) is 0.185. The van der Waals surface area contributed by atoms with Crippen LogP contribution in [0.3, 0.4) is 0 Å². The molecule has 0 N–H and O–H groups in total. The highest BCUT2D eigenvalue weighted by Gasteiger charge is 2.46. The van der Waals surface area contributed by atoms with Gasteiger partial charge in [0.1, 0.15) is 5.75 Å². The van der Waals surface area contributed by atoms with E-state index in [0.29, 0.717) is 5.69 Å². The summed E-state index contributed by atoms with van der Waals surface area (Å²) in [6.45, 7) is 12.3. The molecule has 1 aliphatic carbocycles. The fourth-order valence-corrected chi connectivity index (χ4v) is 7.91. The van der Waals surface area contributed by atoms with Gasteiger partial charge in [-0.05, 0) is 57.7 Å². The third kappa shape index (κ3) is 3.87. The van der Waals surface area contributed by atoms with Gasteiger partial charge in [0.15, 0.2) is 11.3 Å². The van der Waals surface area contributed by atoms with Gasteiger partial charge in [-0.2, -0.15) is 0 Å². The molecule has 1 aliphatic heterocycles. The number of rotatable bonds is 5. The summed E-state index contributed by atoms with van der Waals surface area (Å²) < 4.78 is 7.47. The van der Waals surface area contributed by atoms with Crippen molar-refractivity contribution in [2.75, 3.05) is 0 Å². The summed E-state index contributed by atoms with van der Waals surface area (Å²) in [7, 11) is 0. The molecule has 8 rings (SSSR count). The third-order valence-corrected chi connectivity index (χ3v) is 10.2. The minimum Gasteiger partial charge on any atom is -0.472 e. The predicted molar refractivity (Wildman–Crippen MR) is 186 cm³/mol. The van der Waals surface area contributed by atoms with E-state index in [-0.39, 0.29) is 5.41 Å². The number of fused-ring (bicyclic) bond motifs is 8. The van der Waals surface area contributed by atoms with E-state index in [2.05, 4.69) is 152 Å². The van der Waals surface area contributed by atoms with Crippen molar-refractivity contribution < 1.29 is 4.74 Å². The van der Waals surface area contributed by atoms with Crippen LogP contribution in [0.4, 0.5) is 5.69 Å². The molecular weight excluding hydrogens is 546 g/mol. The number of benzene rings is 6. The fraction of sp³-hybridized carbons (Fsp3) is 0.140. The Bertz CT molecular complexity index is 2150. The van der Waals surface area contributed by atoms with E-state index in [4.69, 9.17) is 11.3 Å². The van der Waals surface area contributed by atoms with Crippen molar-refractivity contribution in [2.24, 2.45) is 0 Å². The van der Waals surface area contributed by atoms with Crippen LogP contribution in [0.5, 0.6) is 5.75 Å². The molecule has 45 heavy (non-hydrogen) atoms. The molecular formula is C43H33NO. The van der Waals surface area contributed by atoms with Crippen LogP contribution < -0.4 is 4.74 Å². The van der Waals surface area contributed by atoms with Crippen molar-refractivity contribution in [3.05, 3.63) is 173 Å². The van der Waals surface area contributed by atoms with Gasteiger partial charge in [0.05, 0.1) is 6.57 Å². The zero-order valence-electron chi connectivity index (χ0n) is 25.5. The van der Waals surface area contributed by atoms with Crippen molar-refractivity contribution in [1.82, 2.24) is 0 Å². The Morgan fingerprint density at radius 1 is 0.667 bits per heavy atom. The van der Waals surface area contributed by atoms with E-state index in [9.17, 15) is 0 Å². The van der Waals surface area contributed by atoms with Crippen LogP contribution in [-0.4, -0.2) is 0 Å². The highest BCUT2D eigenvalue weighted by molar-refractivity contribution is 6.08. The molecule has 1 atom stereocenters. The van der Waals surface area contributed by atoms with E-state index >= 15 is 0 Å². The van der Waals surface area contributed by atoms with E-state index < -0.39 is 5.60 Å². The Kier molecular flexibility index (Phi) is 6.26. The maximum atomic E-state index is 7.76. The Labute approximate surface area is 265 Å². The van der Waals surface area contributed by atoms with Gasteiger partial charge in [-0.3, -0.25) is 0 Å². The molecule has 0 fully saturated rings. The zero-order valence-corrected chi connectivity index (χ0v) is 25.5. The molecule has 216 valence electrons. The van der Waals surface area contributed by atoms with Crippen LogP contribution in [0.25, 0.3) is 43.9 Å². The summed E-state index contributed by atoms with van der Waals surface area (Å²) in [5.74, 6) is 0.923. The molecule has 1 unspecified atom stereocenters. The van der Waals surface area contributed by atoms with Gasteiger partial charge < -0.3 is 4.74 Å². The van der Waals surface area contributed by atoms with Gasteiger partial charge in [-0.1, -0.05) is 147 Å². The van der Waals surface area contributed by atoms with Gasteiger partial charge in [-0.25, -0.2) is 4.85 Å². The van der Waals surface area contributed by atoms with Crippen molar-refractivity contribution in [3.63, 3.8) is 0 Å². The largest absolute Gasteiger partial charge is 0.472 e. The van der Waals surface area contributed by atoms with Crippen LogP contribution in [0, 0.1) is 6.57 Å². The standard InChI is InChI=1S/C43H33NO/c1-4-42(5-2)38-28-33(44-3)24-25-36(38)39-34-18-12-13-19-35(34)41-37(40(39)42)26-27-43(45-41,31-16-10-7-11-17-31)32-22-20-30(21-23-32)29-14-8-6-9-15-29/h6-28H,4-5H2,1-2H3. The van der Waals surface area contributed by atoms with Crippen molar-refractivity contribution in [1.29, 1.82) is 0 Å². The molecule has 0 bridgehead atoms. The van der Waals surface area contributed by atoms with Gasteiger partial charge in [0, 0.05) is 27.5 Å². The lowest BCUT2D eigenvalue weighted by Crippen LogP contribution is -2.35. The monoisotopic (exact) mass is 579 g/mol. The van der Waals surface area contributed by atoms with Crippen molar-refractivity contribution >= 4 is 22.5 Å². The van der Waals surface area contributed by atoms with E-state index in [1.54, 1.807) is 0 Å². The normalized spacial score (nSPS) is 17.2. The second-order valence-corrected chi connectivity index (χ2v) is 12.1. The lowest BCUT2D eigenvalue weighted by Gasteiger charge is -2.39. The molecule has 0 saturated heterocycles. The third-order valence-electron chi connectivity index (χ3n) is 10.2. The van der Waals surface area contributed by atoms with Crippen molar-refractivity contribution in [2.45, 2.75) is 37.7 Å². The van der Waals surface area contributed by atoms with Crippen LogP contribution in [0.2, 0.25) is 0 Å². The Hall–Kier alpha value is -5.39. The lowest BCUT2D eigenvalue weighted by atomic mass is 9.71. The second kappa shape index (κ2) is 10.4. The first kappa shape index (κ1) is 27.2. The maximum Gasteiger partial charge on any atom is 0.187 e. The predicted octanol–water partition coefficient (Wildman–Crippen LogP) is 11.5. The van der Waals surface area contributed by atoms with Gasteiger partial charge >= 0.3 is 0 Å². The van der Waals surface area contributed by atoms with Crippen LogP contribution in [0.15, 0.2) is 133 Å². The highest BCUT2D eigenvalue weighted by atomic mass is 16.5. The number of hydrogen-bond acceptors (Lipinski definition) is 1. The first-order valence-corrected chi connectivity index (χ1v) is 15.8. The summed E-state index contributed by atoms with van der Waals surface area (Å²) in [5.41, 5.74) is 10.5. The molecule has 6 aromatic carbocycles. The molecule has 6 aromatic rings. The zero-order chi connectivity index (χ0) is 30.6. The smallest absolute Gasteiger partial charge is 0.187 e. The van der Waals surface area contributed by atoms with Gasteiger partial charge in [0.25, 0.3) is 0 Å². The molecule has 0 amide bonds. The molecule has 1 heterocycles. The summed E-state index contributed by atoms with van der Waals surface area (Å²) in [6.07, 6.45) is 6.47. The fourth-order valence-electron chi connectivity index (χ4n) is 7.91. The van der Waals surface area contributed by atoms with Gasteiger partial charge in [-0.15, -0.1) is 0 Å². The van der Waals surface area contributed by atoms with E-state index in [1.807, 2.05) is 6.07 Å². The molecule has 0 radical (unpaired) electrons. The lowest BCUT2D eigenvalue weighted by molar-refractivity contribution is 0.163. The molecule has 2 nitrogen and oxygen atoms in total. The molecule has 2 heteroatoms. The summed E-state index contributed by atoms with van der Waals surface area (Å²) >= 11 is 0. The number of ether oxygens (including phenoxy) is 1.